The summed E-state index contributed by atoms with van der Waals surface area (Å²) in [5, 5.41) is 9.32. The number of hydrogen-bond donors (Lipinski definition) is 3. The molecule has 2 amide bonds. The summed E-state index contributed by atoms with van der Waals surface area (Å²) >= 11 is 0. The summed E-state index contributed by atoms with van der Waals surface area (Å²) in [6.07, 6.45) is 4.88. The number of carbonyl (C=O) groups is 2. The molecule has 23 heavy (non-hydrogen) atoms. The molecule has 6 heteroatoms. The monoisotopic (exact) mass is 335 g/mol. The maximum Gasteiger partial charge on any atom is 0.232 e. The molecule has 124 valence electrons. The van der Waals surface area contributed by atoms with Crippen molar-refractivity contribution in [3.05, 3.63) is 23.8 Å². The van der Waals surface area contributed by atoms with Gasteiger partial charge in [-0.3, -0.25) is 9.59 Å². The van der Waals surface area contributed by atoms with Crippen molar-refractivity contribution in [2.45, 2.75) is 32.1 Å². The molecule has 2 aliphatic heterocycles. The summed E-state index contributed by atoms with van der Waals surface area (Å²) in [5.41, 5.74) is 2.38. The van der Waals surface area contributed by atoms with Gasteiger partial charge in [-0.2, -0.15) is 0 Å². The second-order valence-electron chi connectivity index (χ2n) is 6.78. The number of fused-ring (bicyclic) bond motifs is 2. The number of carbonyl (C=O) groups excluding carboxylic acids is 2. The van der Waals surface area contributed by atoms with Crippen LogP contribution in [0.3, 0.4) is 0 Å². The van der Waals surface area contributed by atoms with E-state index in [1.807, 2.05) is 18.2 Å². The van der Waals surface area contributed by atoms with Crippen LogP contribution in [0.5, 0.6) is 0 Å². The SMILES string of the molecule is Cl.O=C1Cc2cc(NC(=O)[C@@]34CCCC[C@H]3CNC4)ccc2N1. The lowest BCUT2D eigenvalue weighted by Crippen LogP contribution is -2.44. The van der Waals surface area contributed by atoms with Gasteiger partial charge < -0.3 is 16.0 Å². The Morgan fingerprint density at radius 2 is 2.17 bits per heavy atom. The number of anilines is 2. The summed E-state index contributed by atoms with van der Waals surface area (Å²) in [6.45, 7) is 1.74. The molecule has 1 aromatic rings. The van der Waals surface area contributed by atoms with Gasteiger partial charge in [0.1, 0.15) is 0 Å². The quantitative estimate of drug-likeness (QED) is 0.776. The van der Waals surface area contributed by atoms with Crippen molar-refractivity contribution >= 4 is 35.6 Å². The maximum atomic E-state index is 12.9. The highest BCUT2D eigenvalue weighted by Gasteiger charge is 2.49. The van der Waals surface area contributed by atoms with Crippen molar-refractivity contribution in [1.29, 1.82) is 0 Å². The molecule has 1 saturated carbocycles. The third-order valence-corrected chi connectivity index (χ3v) is 5.48. The Hall–Kier alpha value is -1.59. The molecule has 0 unspecified atom stereocenters. The van der Waals surface area contributed by atoms with Gasteiger partial charge in [-0.15, -0.1) is 12.4 Å². The fourth-order valence-corrected chi connectivity index (χ4v) is 4.25. The first-order chi connectivity index (χ1) is 10.7. The van der Waals surface area contributed by atoms with Crippen molar-refractivity contribution in [2.75, 3.05) is 23.7 Å². The zero-order valence-electron chi connectivity index (χ0n) is 13.0. The number of benzene rings is 1. The van der Waals surface area contributed by atoms with E-state index in [-0.39, 0.29) is 29.6 Å². The molecule has 1 aliphatic carbocycles. The van der Waals surface area contributed by atoms with E-state index >= 15 is 0 Å². The van der Waals surface area contributed by atoms with E-state index in [0.717, 1.165) is 49.3 Å². The van der Waals surface area contributed by atoms with E-state index < -0.39 is 0 Å². The number of amides is 2. The third kappa shape index (κ3) is 2.72. The number of halogens is 1. The number of rotatable bonds is 2. The van der Waals surface area contributed by atoms with Crippen molar-refractivity contribution < 1.29 is 9.59 Å². The predicted molar refractivity (Wildman–Crippen MR) is 91.9 cm³/mol. The molecule has 0 spiro atoms. The first-order valence-corrected chi connectivity index (χ1v) is 8.12. The van der Waals surface area contributed by atoms with E-state index in [2.05, 4.69) is 16.0 Å². The third-order valence-electron chi connectivity index (χ3n) is 5.48. The highest BCUT2D eigenvalue weighted by molar-refractivity contribution is 6.01. The van der Waals surface area contributed by atoms with Crippen LogP contribution in [0.1, 0.15) is 31.2 Å². The van der Waals surface area contributed by atoms with Crippen molar-refractivity contribution in [3.63, 3.8) is 0 Å². The Morgan fingerprint density at radius 3 is 3.04 bits per heavy atom. The lowest BCUT2D eigenvalue weighted by molar-refractivity contribution is -0.128. The molecule has 0 radical (unpaired) electrons. The standard InChI is InChI=1S/C17H21N3O2.ClH/c21-15-8-11-7-13(4-5-14(11)20-15)19-16(22)17-6-2-1-3-12(17)9-18-10-17;/h4-5,7,12,18H,1-3,6,8-10H2,(H,19,22)(H,20,21);1H/t12-,17+;/m0./s1. The molecular formula is C17H22ClN3O2. The summed E-state index contributed by atoms with van der Waals surface area (Å²) < 4.78 is 0. The minimum Gasteiger partial charge on any atom is -0.326 e. The Labute approximate surface area is 142 Å². The Morgan fingerprint density at radius 1 is 1.30 bits per heavy atom. The van der Waals surface area contributed by atoms with Crippen LogP contribution >= 0.6 is 12.4 Å². The summed E-state index contributed by atoms with van der Waals surface area (Å²) in [5.74, 6) is 0.614. The Kier molecular flexibility index (Phi) is 4.34. The van der Waals surface area contributed by atoms with E-state index in [9.17, 15) is 9.59 Å². The van der Waals surface area contributed by atoms with E-state index in [1.54, 1.807) is 0 Å². The van der Waals surface area contributed by atoms with Crippen LogP contribution in [0.2, 0.25) is 0 Å². The van der Waals surface area contributed by atoms with Crippen LogP contribution < -0.4 is 16.0 Å². The van der Waals surface area contributed by atoms with Crippen LogP contribution in [-0.2, 0) is 16.0 Å². The first kappa shape index (κ1) is 16.3. The van der Waals surface area contributed by atoms with Crippen LogP contribution in [0.25, 0.3) is 0 Å². The fraction of sp³-hybridized carbons (Fsp3) is 0.529. The average Bonchev–Trinajstić information content (AvgIpc) is 3.09. The predicted octanol–water partition coefficient (Wildman–Crippen LogP) is 2.32. The van der Waals surface area contributed by atoms with Gasteiger partial charge in [-0.25, -0.2) is 0 Å². The lowest BCUT2D eigenvalue weighted by atomic mass is 9.67. The molecule has 1 saturated heterocycles. The molecule has 2 heterocycles. The van der Waals surface area contributed by atoms with E-state index in [1.165, 1.54) is 6.42 Å². The molecule has 3 aliphatic rings. The van der Waals surface area contributed by atoms with Crippen LogP contribution in [0.15, 0.2) is 18.2 Å². The second-order valence-corrected chi connectivity index (χ2v) is 6.78. The highest BCUT2D eigenvalue weighted by Crippen LogP contribution is 2.44. The zero-order chi connectivity index (χ0) is 15.2. The molecule has 3 N–H and O–H groups in total. The highest BCUT2D eigenvalue weighted by atomic mass is 35.5. The van der Waals surface area contributed by atoms with Gasteiger partial charge in [0.05, 0.1) is 11.8 Å². The fourth-order valence-electron chi connectivity index (χ4n) is 4.25. The Balaban J connectivity index is 0.00000156. The van der Waals surface area contributed by atoms with Crippen LogP contribution in [-0.4, -0.2) is 24.9 Å². The summed E-state index contributed by atoms with van der Waals surface area (Å²) in [4.78, 5) is 24.3. The largest absolute Gasteiger partial charge is 0.326 e. The molecular weight excluding hydrogens is 314 g/mol. The van der Waals surface area contributed by atoms with Gasteiger partial charge >= 0.3 is 0 Å². The second kappa shape index (κ2) is 6.13. The first-order valence-electron chi connectivity index (χ1n) is 8.12. The number of nitrogens with one attached hydrogen (secondary N) is 3. The van der Waals surface area contributed by atoms with Crippen molar-refractivity contribution in [3.8, 4) is 0 Å². The minimum absolute atomic E-state index is 0. The van der Waals surface area contributed by atoms with Gasteiger partial charge in [0.2, 0.25) is 11.8 Å². The van der Waals surface area contributed by atoms with Crippen molar-refractivity contribution in [1.82, 2.24) is 5.32 Å². The van der Waals surface area contributed by atoms with Gasteiger partial charge in [-0.1, -0.05) is 12.8 Å². The molecule has 4 rings (SSSR count). The minimum atomic E-state index is -0.245. The smallest absolute Gasteiger partial charge is 0.232 e. The van der Waals surface area contributed by atoms with E-state index in [4.69, 9.17) is 0 Å². The molecule has 2 fully saturated rings. The maximum absolute atomic E-state index is 12.9. The van der Waals surface area contributed by atoms with Crippen LogP contribution in [0.4, 0.5) is 11.4 Å². The molecule has 0 aromatic heterocycles. The lowest BCUT2D eigenvalue weighted by Gasteiger charge is -2.37. The molecule has 0 bridgehead atoms. The zero-order valence-corrected chi connectivity index (χ0v) is 13.8. The van der Waals surface area contributed by atoms with Gasteiger partial charge in [0.25, 0.3) is 0 Å². The van der Waals surface area contributed by atoms with Gasteiger partial charge in [0.15, 0.2) is 0 Å². The van der Waals surface area contributed by atoms with E-state index in [0.29, 0.717) is 12.3 Å². The molecule has 2 atom stereocenters. The summed E-state index contributed by atoms with van der Waals surface area (Å²) in [7, 11) is 0. The molecule has 5 nitrogen and oxygen atoms in total. The molecule has 1 aromatic carbocycles. The average molecular weight is 336 g/mol. The van der Waals surface area contributed by atoms with Gasteiger partial charge in [-0.05, 0) is 49.1 Å². The topological polar surface area (TPSA) is 70.2 Å². The van der Waals surface area contributed by atoms with Crippen molar-refractivity contribution in [2.24, 2.45) is 11.3 Å². The van der Waals surface area contributed by atoms with Crippen LogP contribution in [0, 0.1) is 11.3 Å². The number of hydrogen-bond acceptors (Lipinski definition) is 3. The normalized spacial score (nSPS) is 28.3. The van der Waals surface area contributed by atoms with Gasteiger partial charge in [0, 0.05) is 17.9 Å². The summed E-state index contributed by atoms with van der Waals surface area (Å²) in [6, 6.07) is 5.67. The Bertz CT molecular complexity index is 649.